The van der Waals surface area contributed by atoms with Crippen molar-refractivity contribution in [3.63, 3.8) is 0 Å². The van der Waals surface area contributed by atoms with Crippen molar-refractivity contribution in [2.45, 2.75) is 244 Å². The molecule has 0 aromatic carbocycles. The second kappa shape index (κ2) is 45.8. The number of aliphatic carboxylic acids is 1. The van der Waals surface area contributed by atoms with Gasteiger partial charge in [-0.25, -0.2) is 0 Å². The first kappa shape index (κ1) is 60.3. The zero-order valence-corrected chi connectivity index (χ0v) is 41.7. The normalized spacial score (nSPS) is 13.2. The summed E-state index contributed by atoms with van der Waals surface area (Å²) in [5.74, 6) is -1.77. The van der Waals surface area contributed by atoms with Crippen LogP contribution in [0.25, 0.3) is 0 Å². The molecule has 0 saturated carbocycles. The van der Waals surface area contributed by atoms with E-state index in [-0.39, 0.29) is 49.1 Å². The number of rotatable bonds is 47. The van der Waals surface area contributed by atoms with Gasteiger partial charge in [0.15, 0.2) is 6.10 Å². The molecular formula is C55H99NO7. The van der Waals surface area contributed by atoms with Gasteiger partial charge in [0.2, 0.25) is 0 Å². The number of carboxylic acid groups (broad SMARTS) is 1. The van der Waals surface area contributed by atoms with Crippen LogP contribution in [0.1, 0.15) is 232 Å². The van der Waals surface area contributed by atoms with Crippen molar-refractivity contribution in [3.8, 4) is 0 Å². The Morgan fingerprint density at radius 3 is 1.33 bits per heavy atom. The molecule has 0 aliphatic rings. The van der Waals surface area contributed by atoms with Crippen LogP contribution >= 0.6 is 0 Å². The lowest BCUT2D eigenvalue weighted by atomic mass is 10.1. The highest BCUT2D eigenvalue weighted by molar-refractivity contribution is 5.70. The molecule has 0 N–H and O–H groups in total. The molecule has 63 heavy (non-hydrogen) atoms. The van der Waals surface area contributed by atoms with Gasteiger partial charge in [-0.1, -0.05) is 191 Å². The first-order valence-electron chi connectivity index (χ1n) is 26.2. The van der Waals surface area contributed by atoms with Gasteiger partial charge in [-0.3, -0.25) is 9.59 Å². The highest BCUT2D eigenvalue weighted by Crippen LogP contribution is 2.14. The SMILES string of the molecule is CCCCCCCCC/C=C/C=C/CCCCCC(=O)OC(COCCC(C(=O)[O-])[N+](C)(C)C)COC(=O)CCCCCCCCC/C=C/C/C=C/CCCCCCCCCCC. The van der Waals surface area contributed by atoms with Gasteiger partial charge in [0.1, 0.15) is 12.6 Å². The van der Waals surface area contributed by atoms with Crippen molar-refractivity contribution in [2.75, 3.05) is 41.0 Å². The van der Waals surface area contributed by atoms with E-state index in [9.17, 15) is 19.5 Å². The average Bonchev–Trinajstić information content (AvgIpc) is 3.24. The second-order valence-corrected chi connectivity index (χ2v) is 18.8. The third kappa shape index (κ3) is 44.3. The zero-order valence-electron chi connectivity index (χ0n) is 41.7. The molecule has 0 bridgehead atoms. The Hall–Kier alpha value is -2.71. The number of carbonyl (C=O) groups excluding carboxylic acids is 3. The molecular weight excluding hydrogens is 787 g/mol. The van der Waals surface area contributed by atoms with E-state index in [0.717, 1.165) is 64.2 Å². The monoisotopic (exact) mass is 886 g/mol. The van der Waals surface area contributed by atoms with Crippen LogP contribution in [0.4, 0.5) is 0 Å². The Labute approximate surface area is 388 Å². The van der Waals surface area contributed by atoms with Crippen LogP contribution in [0.3, 0.4) is 0 Å². The fourth-order valence-electron chi connectivity index (χ4n) is 7.62. The minimum absolute atomic E-state index is 0.0273. The van der Waals surface area contributed by atoms with Crippen molar-refractivity contribution >= 4 is 17.9 Å². The maximum Gasteiger partial charge on any atom is 0.306 e. The van der Waals surface area contributed by atoms with Crippen LogP contribution in [0, 0.1) is 0 Å². The summed E-state index contributed by atoms with van der Waals surface area (Å²) in [5, 5.41) is 11.7. The van der Waals surface area contributed by atoms with Crippen LogP contribution in [-0.2, 0) is 28.6 Å². The molecule has 2 atom stereocenters. The van der Waals surface area contributed by atoms with Gasteiger partial charge >= 0.3 is 11.9 Å². The van der Waals surface area contributed by atoms with Gasteiger partial charge in [0.05, 0.1) is 40.3 Å². The lowest BCUT2D eigenvalue weighted by Crippen LogP contribution is -2.55. The zero-order chi connectivity index (χ0) is 46.3. The summed E-state index contributed by atoms with van der Waals surface area (Å²) in [6.07, 6.45) is 55.8. The molecule has 0 aliphatic heterocycles. The van der Waals surface area contributed by atoms with Crippen molar-refractivity contribution in [2.24, 2.45) is 0 Å². The highest BCUT2D eigenvalue weighted by Gasteiger charge is 2.25. The molecule has 0 spiro atoms. The first-order chi connectivity index (χ1) is 30.6. The van der Waals surface area contributed by atoms with Crippen LogP contribution in [0.15, 0.2) is 48.6 Å². The van der Waals surface area contributed by atoms with E-state index in [0.29, 0.717) is 6.42 Å². The Bertz CT molecular complexity index is 1170. The Morgan fingerprint density at radius 1 is 0.492 bits per heavy atom. The molecule has 0 fully saturated rings. The molecule has 0 aromatic heterocycles. The lowest BCUT2D eigenvalue weighted by Gasteiger charge is -2.34. The third-order valence-corrected chi connectivity index (χ3v) is 11.7. The maximum atomic E-state index is 12.8. The van der Waals surface area contributed by atoms with E-state index in [1.807, 2.05) is 0 Å². The van der Waals surface area contributed by atoms with E-state index >= 15 is 0 Å². The molecule has 2 unspecified atom stereocenters. The maximum absolute atomic E-state index is 12.8. The fraction of sp³-hybridized carbons (Fsp3) is 0.800. The molecule has 0 aliphatic carbocycles. The number of ether oxygens (including phenoxy) is 3. The topological polar surface area (TPSA) is 102 Å². The van der Waals surface area contributed by atoms with Crippen molar-refractivity contribution in [1.82, 2.24) is 0 Å². The minimum Gasteiger partial charge on any atom is -0.544 e. The molecule has 0 saturated heterocycles. The number of esters is 2. The van der Waals surface area contributed by atoms with Gasteiger partial charge in [-0.05, 0) is 70.6 Å². The number of quaternary nitrogens is 1. The predicted molar refractivity (Wildman–Crippen MR) is 263 cm³/mol. The molecule has 8 heteroatoms. The highest BCUT2D eigenvalue weighted by atomic mass is 16.6. The number of nitrogens with zero attached hydrogens (tertiary/aromatic N) is 1. The second-order valence-electron chi connectivity index (χ2n) is 18.8. The molecule has 366 valence electrons. The van der Waals surface area contributed by atoms with Gasteiger partial charge < -0.3 is 28.6 Å². The number of allylic oxidation sites excluding steroid dienone is 8. The van der Waals surface area contributed by atoms with Gasteiger partial charge in [0, 0.05) is 19.3 Å². The van der Waals surface area contributed by atoms with E-state index in [2.05, 4.69) is 62.5 Å². The quantitative estimate of drug-likeness (QED) is 0.0197. The molecule has 0 aromatic rings. The molecule has 0 heterocycles. The smallest absolute Gasteiger partial charge is 0.306 e. The first-order valence-corrected chi connectivity index (χ1v) is 26.2. The van der Waals surface area contributed by atoms with Crippen LogP contribution in [0.5, 0.6) is 0 Å². The predicted octanol–water partition coefficient (Wildman–Crippen LogP) is 13.8. The van der Waals surface area contributed by atoms with Gasteiger partial charge in [0.25, 0.3) is 0 Å². The number of carbonyl (C=O) groups is 3. The number of hydrogen-bond donors (Lipinski definition) is 0. The fourth-order valence-corrected chi connectivity index (χ4v) is 7.62. The van der Waals surface area contributed by atoms with E-state index in [4.69, 9.17) is 14.2 Å². The minimum atomic E-state index is -1.13. The van der Waals surface area contributed by atoms with Crippen LogP contribution in [-0.4, -0.2) is 75.5 Å². The number of hydrogen-bond acceptors (Lipinski definition) is 7. The lowest BCUT2D eigenvalue weighted by molar-refractivity contribution is -0.889. The number of carboxylic acids is 1. The largest absolute Gasteiger partial charge is 0.544 e. The number of unbranched alkanes of at least 4 members (excludes halogenated alkanes) is 26. The molecule has 0 radical (unpaired) electrons. The molecule has 8 nitrogen and oxygen atoms in total. The van der Waals surface area contributed by atoms with Crippen LogP contribution in [0.2, 0.25) is 0 Å². The van der Waals surface area contributed by atoms with E-state index in [1.165, 1.54) is 135 Å². The summed E-state index contributed by atoms with van der Waals surface area (Å²) < 4.78 is 17.2. The molecule has 0 rings (SSSR count). The number of likely N-dealkylation sites (N-methyl/N-ethyl adjacent to an activating group) is 1. The Balaban J connectivity index is 4.26. The summed E-state index contributed by atoms with van der Waals surface area (Å²) in [5.41, 5.74) is 0. The standard InChI is InChI=1S/C55H99NO7/c1-6-8-10-12-14-16-18-20-22-24-25-26-27-28-29-30-32-33-35-37-39-41-43-45-53(57)62-50-51(49-61-48-47-52(55(59)60)56(3,4)5)63-54(58)46-44-42-40-38-36-34-31-23-21-19-17-15-13-11-9-7-2/h23,25-26,28-29,31,34,36,51-52H,6-22,24,27,30,32-33,35,37-50H2,1-5H3/b26-25+,29-28+,31-23+,36-34+. The van der Waals surface area contributed by atoms with Crippen LogP contribution < -0.4 is 5.11 Å². The summed E-state index contributed by atoms with van der Waals surface area (Å²) >= 11 is 0. The Morgan fingerprint density at radius 2 is 0.889 bits per heavy atom. The summed E-state index contributed by atoms with van der Waals surface area (Å²) in [4.78, 5) is 37.0. The third-order valence-electron chi connectivity index (χ3n) is 11.7. The van der Waals surface area contributed by atoms with E-state index in [1.54, 1.807) is 21.1 Å². The van der Waals surface area contributed by atoms with Gasteiger partial charge in [-0.2, -0.15) is 0 Å². The summed E-state index contributed by atoms with van der Waals surface area (Å²) in [6, 6.07) is -0.733. The van der Waals surface area contributed by atoms with E-state index < -0.39 is 18.1 Å². The van der Waals surface area contributed by atoms with Crippen molar-refractivity contribution in [1.29, 1.82) is 0 Å². The summed E-state index contributed by atoms with van der Waals surface area (Å²) in [7, 11) is 5.40. The Kier molecular flexibility index (Phi) is 43.9. The van der Waals surface area contributed by atoms with Crippen molar-refractivity contribution < 1.29 is 38.2 Å². The summed E-state index contributed by atoms with van der Waals surface area (Å²) in [6.45, 7) is 4.64. The molecule has 0 amide bonds. The van der Waals surface area contributed by atoms with Crippen molar-refractivity contribution in [3.05, 3.63) is 48.6 Å². The van der Waals surface area contributed by atoms with Gasteiger partial charge in [-0.15, -0.1) is 0 Å². The average molecular weight is 886 g/mol.